The van der Waals surface area contributed by atoms with Crippen molar-refractivity contribution in [2.24, 2.45) is 0 Å². The minimum Gasteiger partial charge on any atom is -0.505 e. The minimum absolute atomic E-state index is 0.100. The van der Waals surface area contributed by atoms with Gasteiger partial charge in [0.05, 0.1) is 11.1 Å². The standard InChI is InChI=1S/C21H15BrClN3O/c22-14-6-3-5-13(11-14)19(26-18-8-1-2-9-24-18)16-12-17(23)15-7-4-10-25-20(15)21(16)27/h1-12,19,27H,(H,24,26)/t19-/m1/s1. The van der Waals surface area contributed by atoms with E-state index in [1.165, 1.54) is 0 Å². The van der Waals surface area contributed by atoms with Crippen LogP contribution in [0.3, 0.4) is 0 Å². The molecule has 134 valence electrons. The van der Waals surface area contributed by atoms with Crippen molar-refractivity contribution in [3.8, 4) is 5.75 Å². The Labute approximate surface area is 170 Å². The van der Waals surface area contributed by atoms with Gasteiger partial charge in [0.2, 0.25) is 0 Å². The number of aromatic nitrogens is 2. The van der Waals surface area contributed by atoms with Gasteiger partial charge in [-0.1, -0.05) is 45.7 Å². The molecule has 0 aliphatic carbocycles. The van der Waals surface area contributed by atoms with Gasteiger partial charge in [-0.15, -0.1) is 0 Å². The highest BCUT2D eigenvalue weighted by Crippen LogP contribution is 2.39. The first-order chi connectivity index (χ1) is 13.1. The number of phenols is 1. The lowest BCUT2D eigenvalue weighted by molar-refractivity contribution is 0.471. The summed E-state index contributed by atoms with van der Waals surface area (Å²) < 4.78 is 0.942. The van der Waals surface area contributed by atoms with E-state index < -0.39 is 0 Å². The van der Waals surface area contributed by atoms with Crippen LogP contribution in [-0.4, -0.2) is 15.1 Å². The number of fused-ring (bicyclic) bond motifs is 1. The largest absolute Gasteiger partial charge is 0.505 e. The fourth-order valence-corrected chi connectivity index (χ4v) is 3.74. The fourth-order valence-electron chi connectivity index (χ4n) is 3.05. The average Bonchev–Trinajstić information content (AvgIpc) is 2.70. The van der Waals surface area contributed by atoms with Gasteiger partial charge in [0.1, 0.15) is 17.1 Å². The molecular formula is C21H15BrClN3O. The average molecular weight is 441 g/mol. The third-order valence-corrected chi connectivity index (χ3v) is 5.10. The highest BCUT2D eigenvalue weighted by molar-refractivity contribution is 9.10. The van der Waals surface area contributed by atoms with E-state index in [1.54, 1.807) is 24.5 Å². The molecule has 4 rings (SSSR count). The van der Waals surface area contributed by atoms with E-state index in [0.29, 0.717) is 27.3 Å². The van der Waals surface area contributed by atoms with Crippen LogP contribution in [0.4, 0.5) is 5.82 Å². The second-order valence-electron chi connectivity index (χ2n) is 6.04. The normalized spacial score (nSPS) is 12.1. The predicted octanol–water partition coefficient (Wildman–Crippen LogP) is 5.95. The molecule has 4 nitrogen and oxygen atoms in total. The van der Waals surface area contributed by atoms with Crippen LogP contribution in [0.25, 0.3) is 10.9 Å². The molecule has 1 atom stereocenters. The van der Waals surface area contributed by atoms with Gasteiger partial charge in [-0.05, 0) is 48.0 Å². The number of aromatic hydroxyl groups is 1. The molecule has 0 saturated carbocycles. The van der Waals surface area contributed by atoms with Crippen molar-refractivity contribution in [1.82, 2.24) is 9.97 Å². The first-order valence-electron chi connectivity index (χ1n) is 8.32. The molecule has 0 amide bonds. The van der Waals surface area contributed by atoms with E-state index in [9.17, 15) is 5.11 Å². The maximum atomic E-state index is 11.0. The molecule has 4 aromatic rings. The lowest BCUT2D eigenvalue weighted by Crippen LogP contribution is -2.14. The second kappa shape index (κ2) is 7.55. The molecule has 0 bridgehead atoms. The molecule has 6 heteroatoms. The zero-order valence-electron chi connectivity index (χ0n) is 14.1. The van der Waals surface area contributed by atoms with Crippen molar-refractivity contribution in [2.45, 2.75) is 6.04 Å². The summed E-state index contributed by atoms with van der Waals surface area (Å²) in [5.41, 5.74) is 2.06. The Kier molecular flexibility index (Phi) is 4.97. The lowest BCUT2D eigenvalue weighted by Gasteiger charge is -2.22. The minimum atomic E-state index is -0.360. The molecule has 2 heterocycles. The zero-order chi connectivity index (χ0) is 18.8. The Morgan fingerprint density at radius 2 is 1.81 bits per heavy atom. The molecule has 2 aromatic heterocycles. The SMILES string of the molecule is Oc1c([C@H](Nc2ccccn2)c2cccc(Br)c2)cc(Cl)c2cccnc12. The number of nitrogens with zero attached hydrogens (tertiary/aromatic N) is 2. The molecule has 0 spiro atoms. The lowest BCUT2D eigenvalue weighted by atomic mass is 9.96. The Hall–Kier alpha value is -2.63. The van der Waals surface area contributed by atoms with Gasteiger partial charge in [-0.3, -0.25) is 4.98 Å². The van der Waals surface area contributed by atoms with E-state index in [-0.39, 0.29) is 11.8 Å². The number of hydrogen-bond donors (Lipinski definition) is 2. The van der Waals surface area contributed by atoms with Crippen LogP contribution in [0.2, 0.25) is 5.02 Å². The predicted molar refractivity (Wildman–Crippen MR) is 112 cm³/mol. The van der Waals surface area contributed by atoms with Crippen LogP contribution in [0.15, 0.2) is 77.5 Å². The number of halogens is 2. The molecule has 0 fully saturated rings. The summed E-state index contributed by atoms with van der Waals surface area (Å²) in [5.74, 6) is 0.794. The number of rotatable bonds is 4. The number of nitrogens with one attached hydrogen (secondary N) is 1. The smallest absolute Gasteiger partial charge is 0.147 e. The quantitative estimate of drug-likeness (QED) is 0.411. The van der Waals surface area contributed by atoms with Crippen LogP contribution in [0.5, 0.6) is 5.75 Å². The Balaban J connectivity index is 1.91. The highest BCUT2D eigenvalue weighted by atomic mass is 79.9. The van der Waals surface area contributed by atoms with Crippen LogP contribution in [0, 0.1) is 0 Å². The van der Waals surface area contributed by atoms with E-state index in [0.717, 1.165) is 10.0 Å². The Morgan fingerprint density at radius 3 is 2.59 bits per heavy atom. The summed E-state index contributed by atoms with van der Waals surface area (Å²) >= 11 is 10.0. The number of phenolic OH excluding ortho intramolecular Hbond substituents is 1. The molecule has 27 heavy (non-hydrogen) atoms. The molecule has 0 saturated heterocycles. The van der Waals surface area contributed by atoms with E-state index in [2.05, 4.69) is 31.2 Å². The summed E-state index contributed by atoms with van der Waals surface area (Å²) in [7, 11) is 0. The van der Waals surface area contributed by atoms with Crippen molar-refractivity contribution in [3.63, 3.8) is 0 Å². The highest BCUT2D eigenvalue weighted by Gasteiger charge is 2.22. The van der Waals surface area contributed by atoms with Crippen molar-refractivity contribution in [3.05, 3.63) is 93.7 Å². The van der Waals surface area contributed by atoms with Gasteiger partial charge in [-0.2, -0.15) is 0 Å². The Bertz CT molecular complexity index is 1110. The number of hydrogen-bond acceptors (Lipinski definition) is 4. The molecule has 0 aliphatic heterocycles. The van der Waals surface area contributed by atoms with E-state index in [1.807, 2.05) is 48.5 Å². The van der Waals surface area contributed by atoms with Gasteiger partial charge < -0.3 is 10.4 Å². The second-order valence-corrected chi connectivity index (χ2v) is 7.37. The summed E-state index contributed by atoms with van der Waals surface area (Å²) in [4.78, 5) is 8.67. The van der Waals surface area contributed by atoms with Crippen LogP contribution < -0.4 is 5.32 Å². The number of pyridine rings is 2. The van der Waals surface area contributed by atoms with Crippen LogP contribution in [-0.2, 0) is 0 Å². The van der Waals surface area contributed by atoms with Gasteiger partial charge in [-0.25, -0.2) is 4.98 Å². The van der Waals surface area contributed by atoms with Crippen LogP contribution >= 0.6 is 27.5 Å². The first kappa shape index (κ1) is 17.8. The van der Waals surface area contributed by atoms with Crippen LogP contribution in [0.1, 0.15) is 17.2 Å². The van der Waals surface area contributed by atoms with Gasteiger partial charge >= 0.3 is 0 Å². The van der Waals surface area contributed by atoms with Gasteiger partial charge in [0.25, 0.3) is 0 Å². The van der Waals surface area contributed by atoms with Crippen molar-refractivity contribution in [2.75, 3.05) is 5.32 Å². The maximum absolute atomic E-state index is 11.0. The third kappa shape index (κ3) is 3.61. The van der Waals surface area contributed by atoms with Gasteiger partial charge in [0.15, 0.2) is 0 Å². The van der Waals surface area contributed by atoms with Crippen molar-refractivity contribution in [1.29, 1.82) is 0 Å². The van der Waals surface area contributed by atoms with Crippen molar-refractivity contribution >= 4 is 44.3 Å². The number of anilines is 1. The van der Waals surface area contributed by atoms with E-state index in [4.69, 9.17) is 11.6 Å². The third-order valence-electron chi connectivity index (χ3n) is 4.30. The molecule has 0 radical (unpaired) electrons. The molecule has 0 unspecified atom stereocenters. The fraction of sp³-hybridized carbons (Fsp3) is 0.0476. The Morgan fingerprint density at radius 1 is 0.963 bits per heavy atom. The summed E-state index contributed by atoms with van der Waals surface area (Å²) in [5, 5.41) is 15.6. The number of benzene rings is 2. The molecule has 2 N–H and O–H groups in total. The van der Waals surface area contributed by atoms with E-state index >= 15 is 0 Å². The summed E-state index contributed by atoms with van der Waals surface area (Å²) in [6, 6.07) is 18.6. The summed E-state index contributed by atoms with van der Waals surface area (Å²) in [6.07, 6.45) is 3.36. The summed E-state index contributed by atoms with van der Waals surface area (Å²) in [6.45, 7) is 0. The first-order valence-corrected chi connectivity index (χ1v) is 9.49. The van der Waals surface area contributed by atoms with Crippen molar-refractivity contribution < 1.29 is 5.11 Å². The molecular weight excluding hydrogens is 426 g/mol. The van der Waals surface area contributed by atoms with Gasteiger partial charge in [0, 0.05) is 27.8 Å². The maximum Gasteiger partial charge on any atom is 0.147 e. The zero-order valence-corrected chi connectivity index (χ0v) is 16.4. The topological polar surface area (TPSA) is 58.0 Å². The monoisotopic (exact) mass is 439 g/mol. The molecule has 2 aromatic carbocycles. The molecule has 0 aliphatic rings.